The summed E-state index contributed by atoms with van der Waals surface area (Å²) >= 11 is 0. The van der Waals surface area contributed by atoms with Crippen LogP contribution < -0.4 is 5.32 Å². The van der Waals surface area contributed by atoms with Gasteiger partial charge in [-0.1, -0.05) is 34.6 Å². The Morgan fingerprint density at radius 1 is 1.33 bits per heavy atom. The Bertz CT molecular complexity index is 181. The van der Waals surface area contributed by atoms with Crippen LogP contribution in [-0.2, 0) is 0 Å². The molecule has 0 radical (unpaired) electrons. The predicted octanol–water partition coefficient (Wildman–Crippen LogP) is 2.35. The minimum Gasteiger partial charge on any atom is -0.314 e. The lowest BCUT2D eigenvalue weighted by Crippen LogP contribution is -2.53. The van der Waals surface area contributed by atoms with Gasteiger partial charge in [-0.15, -0.1) is 0 Å². The Balaban J connectivity index is 2.50. The maximum absolute atomic E-state index is 3.51. The largest absolute Gasteiger partial charge is 0.314 e. The van der Waals surface area contributed by atoms with Crippen LogP contribution in [-0.4, -0.2) is 37.1 Å². The molecule has 1 atom stereocenters. The van der Waals surface area contributed by atoms with Gasteiger partial charge in [0.1, 0.15) is 0 Å². The van der Waals surface area contributed by atoms with Crippen molar-refractivity contribution in [2.75, 3.05) is 26.2 Å². The van der Waals surface area contributed by atoms with E-state index in [4.69, 9.17) is 0 Å². The average molecular weight is 212 g/mol. The topological polar surface area (TPSA) is 15.3 Å². The van der Waals surface area contributed by atoms with E-state index >= 15 is 0 Å². The van der Waals surface area contributed by atoms with Gasteiger partial charge in [0.05, 0.1) is 0 Å². The molecule has 0 aliphatic carbocycles. The quantitative estimate of drug-likeness (QED) is 0.772. The third-order valence-electron chi connectivity index (χ3n) is 2.89. The van der Waals surface area contributed by atoms with Crippen LogP contribution >= 0.6 is 0 Å². The van der Waals surface area contributed by atoms with Crippen molar-refractivity contribution in [3.8, 4) is 0 Å². The highest BCUT2D eigenvalue weighted by Gasteiger charge is 2.26. The fraction of sp³-hybridized carbons (Fsp3) is 1.00. The molecule has 0 aromatic heterocycles. The minimum atomic E-state index is 0.423. The fourth-order valence-corrected chi connectivity index (χ4v) is 2.40. The van der Waals surface area contributed by atoms with Crippen LogP contribution in [0.15, 0.2) is 0 Å². The second-order valence-corrected chi connectivity index (χ2v) is 6.52. The number of hydrogen-bond acceptors (Lipinski definition) is 2. The van der Waals surface area contributed by atoms with Crippen molar-refractivity contribution in [1.82, 2.24) is 10.2 Å². The molecular formula is C13H28N2. The first kappa shape index (κ1) is 13.0. The Morgan fingerprint density at radius 2 is 2.00 bits per heavy atom. The molecule has 90 valence electrons. The molecule has 0 saturated carbocycles. The molecule has 15 heavy (non-hydrogen) atoms. The van der Waals surface area contributed by atoms with Crippen molar-refractivity contribution < 1.29 is 0 Å². The monoisotopic (exact) mass is 212 g/mol. The Hall–Kier alpha value is -0.0800. The summed E-state index contributed by atoms with van der Waals surface area (Å²) in [4.78, 5) is 2.68. The van der Waals surface area contributed by atoms with Gasteiger partial charge in [-0.3, -0.25) is 4.90 Å². The molecule has 2 heteroatoms. The molecule has 1 aliphatic rings. The fourth-order valence-electron chi connectivity index (χ4n) is 2.40. The van der Waals surface area contributed by atoms with Crippen molar-refractivity contribution in [2.45, 2.75) is 47.1 Å². The molecule has 0 aromatic carbocycles. The molecule has 1 rings (SSSR count). The van der Waals surface area contributed by atoms with Gasteiger partial charge in [0.15, 0.2) is 0 Å². The van der Waals surface area contributed by atoms with E-state index in [2.05, 4.69) is 44.8 Å². The lowest BCUT2D eigenvalue weighted by molar-refractivity contribution is 0.100. The summed E-state index contributed by atoms with van der Waals surface area (Å²) in [5.41, 5.74) is 0.423. The zero-order chi connectivity index (χ0) is 11.5. The Morgan fingerprint density at radius 3 is 2.53 bits per heavy atom. The van der Waals surface area contributed by atoms with Crippen LogP contribution in [0.5, 0.6) is 0 Å². The molecule has 0 bridgehead atoms. The molecule has 1 N–H and O–H groups in total. The number of rotatable bonds is 3. The van der Waals surface area contributed by atoms with Crippen molar-refractivity contribution in [3.63, 3.8) is 0 Å². The molecule has 1 saturated heterocycles. The van der Waals surface area contributed by atoms with Crippen molar-refractivity contribution in [3.05, 3.63) is 0 Å². The zero-order valence-corrected chi connectivity index (χ0v) is 11.1. The van der Waals surface area contributed by atoms with Gasteiger partial charge in [-0.05, 0) is 17.8 Å². The van der Waals surface area contributed by atoms with Crippen LogP contribution in [0.1, 0.15) is 41.0 Å². The van der Waals surface area contributed by atoms with E-state index in [1.165, 1.54) is 26.1 Å². The SMILES string of the molecule is CC(C)CC1CNCCN1CC(C)(C)C. The third-order valence-corrected chi connectivity index (χ3v) is 2.89. The van der Waals surface area contributed by atoms with Gasteiger partial charge in [0, 0.05) is 32.2 Å². The third kappa shape index (κ3) is 4.98. The Kier molecular flexibility index (Phi) is 4.60. The van der Waals surface area contributed by atoms with Crippen LogP contribution in [0, 0.1) is 11.3 Å². The summed E-state index contributed by atoms with van der Waals surface area (Å²) in [6, 6.07) is 0.748. The van der Waals surface area contributed by atoms with Crippen molar-refractivity contribution in [1.29, 1.82) is 0 Å². The van der Waals surface area contributed by atoms with Gasteiger partial charge in [0.2, 0.25) is 0 Å². The van der Waals surface area contributed by atoms with Crippen LogP contribution in [0.2, 0.25) is 0 Å². The van der Waals surface area contributed by atoms with Gasteiger partial charge in [0.25, 0.3) is 0 Å². The first-order valence-corrected chi connectivity index (χ1v) is 6.33. The molecule has 0 aromatic rings. The van der Waals surface area contributed by atoms with E-state index in [0.29, 0.717) is 5.41 Å². The second-order valence-electron chi connectivity index (χ2n) is 6.52. The molecule has 1 heterocycles. The van der Waals surface area contributed by atoms with Crippen molar-refractivity contribution in [2.24, 2.45) is 11.3 Å². The van der Waals surface area contributed by atoms with Crippen LogP contribution in [0.4, 0.5) is 0 Å². The Labute approximate surface area is 95.4 Å². The van der Waals surface area contributed by atoms with Gasteiger partial charge < -0.3 is 5.32 Å². The zero-order valence-electron chi connectivity index (χ0n) is 11.1. The lowest BCUT2D eigenvalue weighted by Gasteiger charge is -2.40. The second kappa shape index (κ2) is 5.31. The number of piperazine rings is 1. The average Bonchev–Trinajstić information content (AvgIpc) is 2.05. The molecule has 1 fully saturated rings. The lowest BCUT2D eigenvalue weighted by atomic mass is 9.93. The van der Waals surface area contributed by atoms with Crippen LogP contribution in [0.3, 0.4) is 0 Å². The van der Waals surface area contributed by atoms with E-state index < -0.39 is 0 Å². The van der Waals surface area contributed by atoms with E-state index in [1.807, 2.05) is 0 Å². The highest BCUT2D eigenvalue weighted by atomic mass is 15.2. The summed E-state index contributed by atoms with van der Waals surface area (Å²) in [7, 11) is 0. The number of nitrogens with zero attached hydrogens (tertiary/aromatic N) is 1. The molecule has 0 spiro atoms. The first-order valence-electron chi connectivity index (χ1n) is 6.33. The standard InChI is InChI=1S/C13H28N2/c1-11(2)8-12-9-14-6-7-15(12)10-13(3,4)5/h11-12,14H,6-10H2,1-5H3. The molecule has 2 nitrogen and oxygen atoms in total. The molecule has 0 amide bonds. The van der Waals surface area contributed by atoms with Crippen molar-refractivity contribution >= 4 is 0 Å². The summed E-state index contributed by atoms with van der Waals surface area (Å²) in [5, 5.41) is 3.51. The van der Waals surface area contributed by atoms with E-state index in [0.717, 1.165) is 18.5 Å². The summed E-state index contributed by atoms with van der Waals surface area (Å²) in [6.45, 7) is 16.4. The van der Waals surface area contributed by atoms with E-state index in [1.54, 1.807) is 0 Å². The number of hydrogen-bond donors (Lipinski definition) is 1. The van der Waals surface area contributed by atoms with Gasteiger partial charge in [-0.25, -0.2) is 0 Å². The maximum Gasteiger partial charge on any atom is 0.0223 e. The smallest absolute Gasteiger partial charge is 0.0223 e. The summed E-state index contributed by atoms with van der Waals surface area (Å²) in [5.74, 6) is 0.803. The van der Waals surface area contributed by atoms with Gasteiger partial charge >= 0.3 is 0 Å². The molecular weight excluding hydrogens is 184 g/mol. The molecule has 1 unspecified atom stereocenters. The highest BCUT2D eigenvalue weighted by Crippen LogP contribution is 2.20. The normalized spacial score (nSPS) is 24.8. The van der Waals surface area contributed by atoms with E-state index in [-0.39, 0.29) is 0 Å². The summed E-state index contributed by atoms with van der Waals surface area (Å²) in [6.07, 6.45) is 1.32. The first-order chi connectivity index (χ1) is 6.88. The molecule has 1 aliphatic heterocycles. The maximum atomic E-state index is 3.51. The van der Waals surface area contributed by atoms with Crippen LogP contribution in [0.25, 0.3) is 0 Å². The number of nitrogens with one attached hydrogen (secondary N) is 1. The highest BCUT2D eigenvalue weighted by molar-refractivity contribution is 4.83. The van der Waals surface area contributed by atoms with Gasteiger partial charge in [-0.2, -0.15) is 0 Å². The van der Waals surface area contributed by atoms with E-state index in [9.17, 15) is 0 Å². The minimum absolute atomic E-state index is 0.423. The summed E-state index contributed by atoms with van der Waals surface area (Å²) < 4.78 is 0. The predicted molar refractivity (Wildman–Crippen MR) is 67.1 cm³/mol.